The number of allylic oxidation sites excluding steroid dienone is 3. The number of hydrogen-bond donors (Lipinski definition) is 1. The molecule has 0 rings (SSSR count). The van der Waals surface area contributed by atoms with Gasteiger partial charge in [-0.15, -0.1) is 0 Å². The normalized spacial score (nSPS) is 11.9. The Hall–Kier alpha value is -1.31. The van der Waals surface area contributed by atoms with Crippen molar-refractivity contribution in [1.82, 2.24) is 0 Å². The van der Waals surface area contributed by atoms with Crippen molar-refractivity contribution in [2.24, 2.45) is 0 Å². The summed E-state index contributed by atoms with van der Waals surface area (Å²) in [6.45, 7) is 5.16. The molecular formula is C8H10O2. The topological polar surface area (TPSA) is 37.3 Å². The zero-order valence-corrected chi connectivity index (χ0v) is 5.87. The monoisotopic (exact) mass is 138 g/mol. The molecule has 0 fully saturated rings. The molecule has 54 valence electrons. The van der Waals surface area contributed by atoms with Gasteiger partial charge in [0, 0.05) is 0 Å². The summed E-state index contributed by atoms with van der Waals surface area (Å²) < 4.78 is 0. The van der Waals surface area contributed by atoms with Crippen molar-refractivity contribution < 1.29 is 9.90 Å². The first-order chi connectivity index (χ1) is 4.72. The third-order valence-electron chi connectivity index (χ3n) is 0.891. The minimum atomic E-state index is -0.932. The number of carboxylic acid groups (broad SMARTS) is 1. The van der Waals surface area contributed by atoms with Gasteiger partial charge in [0.2, 0.25) is 0 Å². The Labute approximate surface area is 60.2 Å². The summed E-state index contributed by atoms with van der Waals surface area (Å²) in [5.41, 5.74) is 0.248. The van der Waals surface area contributed by atoms with Crippen LogP contribution in [0.3, 0.4) is 0 Å². The highest BCUT2D eigenvalue weighted by Crippen LogP contribution is 1.96. The van der Waals surface area contributed by atoms with E-state index in [1.165, 1.54) is 18.2 Å². The fourth-order valence-corrected chi connectivity index (χ4v) is 0.505. The van der Waals surface area contributed by atoms with Gasteiger partial charge in [0.05, 0.1) is 5.57 Å². The summed E-state index contributed by atoms with van der Waals surface area (Å²) in [6.07, 6.45) is 6.08. The van der Waals surface area contributed by atoms with Gasteiger partial charge in [0.25, 0.3) is 0 Å². The lowest BCUT2D eigenvalue weighted by Gasteiger charge is -1.89. The van der Waals surface area contributed by atoms with Crippen molar-refractivity contribution >= 4 is 5.97 Å². The molecule has 0 aromatic heterocycles. The second-order valence-corrected chi connectivity index (χ2v) is 1.66. The fraction of sp³-hybridized carbons (Fsp3) is 0.125. The molecule has 0 amide bonds. The summed E-state index contributed by atoms with van der Waals surface area (Å²) >= 11 is 0. The van der Waals surface area contributed by atoms with Crippen LogP contribution in [0.25, 0.3) is 0 Å². The predicted molar refractivity (Wildman–Crippen MR) is 40.7 cm³/mol. The highest BCUT2D eigenvalue weighted by atomic mass is 16.4. The minimum absolute atomic E-state index is 0.248. The van der Waals surface area contributed by atoms with Gasteiger partial charge < -0.3 is 5.11 Å². The maximum atomic E-state index is 10.3. The molecule has 0 spiro atoms. The molecular weight excluding hydrogens is 128 g/mol. The molecule has 0 radical (unpaired) electrons. The van der Waals surface area contributed by atoms with Gasteiger partial charge in [0.1, 0.15) is 0 Å². The molecule has 10 heavy (non-hydrogen) atoms. The quantitative estimate of drug-likeness (QED) is 0.476. The number of rotatable bonds is 3. The Morgan fingerprint density at radius 1 is 1.60 bits per heavy atom. The zero-order chi connectivity index (χ0) is 7.98. The number of hydrogen-bond acceptors (Lipinski definition) is 1. The zero-order valence-electron chi connectivity index (χ0n) is 5.87. The van der Waals surface area contributed by atoms with Crippen molar-refractivity contribution in [3.8, 4) is 0 Å². The lowest BCUT2D eigenvalue weighted by Crippen LogP contribution is -1.96. The van der Waals surface area contributed by atoms with E-state index in [4.69, 9.17) is 5.11 Å². The SMILES string of the molecule is C=C/C=C(\C=C/C)C(=O)O. The van der Waals surface area contributed by atoms with Crippen LogP contribution in [-0.2, 0) is 4.79 Å². The molecule has 0 aliphatic carbocycles. The first-order valence-electron chi connectivity index (χ1n) is 2.91. The largest absolute Gasteiger partial charge is 0.478 e. The average Bonchev–Trinajstić information content (AvgIpc) is 1.87. The van der Waals surface area contributed by atoms with Crippen LogP contribution >= 0.6 is 0 Å². The van der Waals surface area contributed by atoms with Crippen molar-refractivity contribution in [1.29, 1.82) is 0 Å². The smallest absolute Gasteiger partial charge is 0.335 e. The third kappa shape index (κ3) is 2.87. The van der Waals surface area contributed by atoms with Crippen LogP contribution in [0.1, 0.15) is 6.92 Å². The molecule has 0 aromatic carbocycles. The minimum Gasteiger partial charge on any atom is -0.478 e. The molecule has 0 heterocycles. The summed E-state index contributed by atoms with van der Waals surface area (Å²) in [6, 6.07) is 0. The molecule has 0 unspecified atom stereocenters. The Balaban J connectivity index is 4.41. The van der Waals surface area contributed by atoms with E-state index >= 15 is 0 Å². The van der Waals surface area contributed by atoms with Crippen LogP contribution in [0.2, 0.25) is 0 Å². The third-order valence-corrected chi connectivity index (χ3v) is 0.891. The Bertz CT molecular complexity index is 187. The van der Waals surface area contributed by atoms with Crippen LogP contribution in [-0.4, -0.2) is 11.1 Å². The summed E-state index contributed by atoms with van der Waals surface area (Å²) in [5, 5.41) is 8.47. The number of carboxylic acids is 1. The average molecular weight is 138 g/mol. The summed E-state index contributed by atoms with van der Waals surface area (Å²) in [4.78, 5) is 10.3. The maximum Gasteiger partial charge on any atom is 0.335 e. The number of carbonyl (C=O) groups is 1. The van der Waals surface area contributed by atoms with Crippen LogP contribution in [0.5, 0.6) is 0 Å². The Morgan fingerprint density at radius 2 is 2.20 bits per heavy atom. The van der Waals surface area contributed by atoms with Gasteiger partial charge >= 0.3 is 5.97 Å². The van der Waals surface area contributed by atoms with Crippen molar-refractivity contribution in [3.63, 3.8) is 0 Å². The van der Waals surface area contributed by atoms with Crippen LogP contribution in [0, 0.1) is 0 Å². The lowest BCUT2D eigenvalue weighted by molar-refractivity contribution is -0.132. The van der Waals surface area contributed by atoms with Crippen molar-refractivity contribution in [3.05, 3.63) is 36.5 Å². The molecule has 0 atom stereocenters. The molecule has 0 saturated heterocycles. The van der Waals surface area contributed by atoms with E-state index in [1.807, 2.05) is 0 Å². The molecule has 1 N–H and O–H groups in total. The summed E-state index contributed by atoms with van der Waals surface area (Å²) in [7, 11) is 0. The molecule has 2 heteroatoms. The highest BCUT2D eigenvalue weighted by Gasteiger charge is 1.98. The van der Waals surface area contributed by atoms with E-state index in [0.717, 1.165) is 0 Å². The number of aliphatic carboxylic acids is 1. The van der Waals surface area contributed by atoms with Gasteiger partial charge in [-0.05, 0) is 13.0 Å². The van der Waals surface area contributed by atoms with E-state index in [0.29, 0.717) is 0 Å². The molecule has 0 saturated carbocycles. The molecule has 0 aliphatic heterocycles. The van der Waals surface area contributed by atoms with Gasteiger partial charge in [-0.2, -0.15) is 0 Å². The van der Waals surface area contributed by atoms with Crippen LogP contribution < -0.4 is 0 Å². The van der Waals surface area contributed by atoms with E-state index < -0.39 is 5.97 Å². The summed E-state index contributed by atoms with van der Waals surface area (Å²) in [5.74, 6) is -0.932. The van der Waals surface area contributed by atoms with Gasteiger partial charge in [-0.25, -0.2) is 4.79 Å². The van der Waals surface area contributed by atoms with Gasteiger partial charge in [0.15, 0.2) is 0 Å². The predicted octanol–water partition coefficient (Wildman–Crippen LogP) is 1.76. The molecule has 0 aliphatic rings. The van der Waals surface area contributed by atoms with Gasteiger partial charge in [-0.3, -0.25) is 0 Å². The van der Waals surface area contributed by atoms with Gasteiger partial charge in [-0.1, -0.05) is 24.8 Å². The van der Waals surface area contributed by atoms with E-state index in [2.05, 4.69) is 6.58 Å². The second-order valence-electron chi connectivity index (χ2n) is 1.66. The molecule has 2 nitrogen and oxygen atoms in total. The fourth-order valence-electron chi connectivity index (χ4n) is 0.505. The first kappa shape index (κ1) is 8.69. The van der Waals surface area contributed by atoms with Crippen LogP contribution in [0.4, 0.5) is 0 Å². The van der Waals surface area contributed by atoms with Crippen molar-refractivity contribution in [2.45, 2.75) is 6.92 Å². The Kier molecular flexibility index (Phi) is 3.96. The Morgan fingerprint density at radius 3 is 2.50 bits per heavy atom. The second kappa shape index (κ2) is 4.56. The standard InChI is InChI=1S/C8H10O2/c1-3-5-7(6-4-2)8(9)10/h3-6H,1H2,2H3,(H,9,10)/b6-4-,7-5+. The molecule has 0 bridgehead atoms. The van der Waals surface area contributed by atoms with Crippen molar-refractivity contribution in [2.75, 3.05) is 0 Å². The first-order valence-corrected chi connectivity index (χ1v) is 2.91. The highest BCUT2D eigenvalue weighted by molar-refractivity contribution is 5.90. The maximum absolute atomic E-state index is 10.3. The molecule has 0 aromatic rings. The van der Waals surface area contributed by atoms with E-state index in [9.17, 15) is 4.79 Å². The lowest BCUT2D eigenvalue weighted by atomic mass is 10.2. The van der Waals surface area contributed by atoms with Crippen LogP contribution in [0.15, 0.2) is 36.5 Å². The van der Waals surface area contributed by atoms with E-state index in [1.54, 1.807) is 13.0 Å². The van der Waals surface area contributed by atoms with E-state index in [-0.39, 0.29) is 5.57 Å².